The molecule has 1 unspecified atom stereocenters. The maximum absolute atomic E-state index is 13.9. The van der Waals surface area contributed by atoms with Crippen LogP contribution < -0.4 is 9.64 Å². The summed E-state index contributed by atoms with van der Waals surface area (Å²) in [4.78, 5) is 30.7. The van der Waals surface area contributed by atoms with Crippen LogP contribution in [0, 0.1) is 0 Å². The molecule has 2 amide bonds. The fourth-order valence-corrected chi connectivity index (χ4v) is 6.31. The Morgan fingerprint density at radius 3 is 2.43 bits per heavy atom. The average Bonchev–Trinajstić information content (AvgIpc) is 3.45. The number of rotatable bonds is 8. The van der Waals surface area contributed by atoms with Crippen molar-refractivity contribution in [3.05, 3.63) is 89.6 Å². The van der Waals surface area contributed by atoms with Gasteiger partial charge in [0, 0.05) is 28.7 Å². The highest BCUT2D eigenvalue weighted by Gasteiger charge is 2.46. The first kappa shape index (κ1) is 25.0. The molecular formula is C27H24ClN3O5S. The minimum absolute atomic E-state index is 0.00829. The molecule has 0 spiro atoms. The van der Waals surface area contributed by atoms with E-state index in [9.17, 15) is 18.0 Å². The summed E-state index contributed by atoms with van der Waals surface area (Å²) in [5, 5.41) is 1.43. The van der Waals surface area contributed by atoms with Crippen molar-refractivity contribution in [2.75, 3.05) is 18.6 Å². The topological polar surface area (TPSA) is 99.8 Å². The zero-order chi connectivity index (χ0) is 26.2. The van der Waals surface area contributed by atoms with Crippen molar-refractivity contribution in [3.8, 4) is 5.75 Å². The Hall–Kier alpha value is -3.66. The summed E-state index contributed by atoms with van der Waals surface area (Å²) in [5.74, 6) is -0.562. The van der Waals surface area contributed by atoms with Crippen molar-refractivity contribution >= 4 is 50.0 Å². The second-order valence-corrected chi connectivity index (χ2v) is 11.0. The lowest BCUT2D eigenvalue weighted by Gasteiger charge is -2.27. The summed E-state index contributed by atoms with van der Waals surface area (Å²) in [7, 11) is -2.65. The number of carbonyl (C=O) groups is 2. The molecular weight excluding hydrogens is 514 g/mol. The van der Waals surface area contributed by atoms with E-state index in [0.29, 0.717) is 22.9 Å². The van der Waals surface area contributed by atoms with Crippen LogP contribution in [-0.4, -0.2) is 49.2 Å². The number of aromatic amines is 1. The Balaban J connectivity index is 1.50. The van der Waals surface area contributed by atoms with E-state index in [-0.39, 0.29) is 17.9 Å². The number of sulfonamides is 1. The van der Waals surface area contributed by atoms with Crippen LogP contribution in [0.5, 0.6) is 5.75 Å². The molecule has 0 bridgehead atoms. The molecule has 1 N–H and O–H groups in total. The molecule has 0 radical (unpaired) electrons. The van der Waals surface area contributed by atoms with Gasteiger partial charge in [0.1, 0.15) is 11.8 Å². The van der Waals surface area contributed by atoms with Crippen LogP contribution in [0.1, 0.15) is 12.0 Å². The quantitative estimate of drug-likeness (QED) is 0.336. The van der Waals surface area contributed by atoms with Crippen molar-refractivity contribution in [2.45, 2.75) is 23.8 Å². The minimum atomic E-state index is -4.14. The number of nitrogens with one attached hydrogen (secondary N) is 1. The average molecular weight is 538 g/mol. The number of hydrogen-bond acceptors (Lipinski definition) is 5. The maximum Gasteiger partial charge on any atom is 0.252 e. The van der Waals surface area contributed by atoms with Gasteiger partial charge in [-0.25, -0.2) is 13.3 Å². The Kier molecular flexibility index (Phi) is 6.76. The van der Waals surface area contributed by atoms with Crippen LogP contribution in [-0.2, 0) is 26.0 Å². The first-order chi connectivity index (χ1) is 17.8. The molecule has 8 nitrogen and oxygen atoms in total. The second kappa shape index (κ2) is 10.0. The fraction of sp³-hybridized carbons (Fsp3) is 0.185. The van der Waals surface area contributed by atoms with Crippen LogP contribution >= 0.6 is 11.6 Å². The molecule has 10 heteroatoms. The summed E-state index contributed by atoms with van der Waals surface area (Å²) in [6.07, 6.45) is 1.92. The molecule has 0 aliphatic carbocycles. The van der Waals surface area contributed by atoms with Crippen molar-refractivity contribution in [1.29, 1.82) is 0 Å². The molecule has 5 rings (SSSR count). The lowest BCUT2D eigenvalue weighted by Crippen LogP contribution is -2.46. The highest BCUT2D eigenvalue weighted by molar-refractivity contribution is 7.89. The number of methoxy groups -OCH3 is 1. The second-order valence-electron chi connectivity index (χ2n) is 8.66. The summed E-state index contributed by atoms with van der Waals surface area (Å²) in [6.45, 7) is 0.00829. The number of carbonyl (C=O) groups excluding carboxylic acids is 2. The van der Waals surface area contributed by atoms with E-state index in [1.165, 1.54) is 19.2 Å². The number of anilines is 1. The van der Waals surface area contributed by atoms with Crippen molar-refractivity contribution < 1.29 is 22.7 Å². The third-order valence-corrected chi connectivity index (χ3v) is 8.67. The van der Waals surface area contributed by atoms with E-state index in [4.69, 9.17) is 16.3 Å². The van der Waals surface area contributed by atoms with Crippen molar-refractivity contribution in [3.63, 3.8) is 0 Å². The van der Waals surface area contributed by atoms with Gasteiger partial charge in [-0.05, 0) is 66.6 Å². The van der Waals surface area contributed by atoms with Gasteiger partial charge >= 0.3 is 0 Å². The number of aromatic nitrogens is 1. The summed E-state index contributed by atoms with van der Waals surface area (Å²) in [5.41, 5.74) is 2.19. The Labute approximate surface area is 219 Å². The maximum atomic E-state index is 13.9. The van der Waals surface area contributed by atoms with E-state index in [0.717, 1.165) is 25.7 Å². The number of benzene rings is 3. The van der Waals surface area contributed by atoms with Gasteiger partial charge in [0.25, 0.3) is 5.91 Å². The molecule has 190 valence electrons. The third-order valence-electron chi connectivity index (χ3n) is 6.50. The number of H-pyrrole nitrogens is 1. The van der Waals surface area contributed by atoms with E-state index < -0.39 is 27.9 Å². The fourth-order valence-electron chi connectivity index (χ4n) is 4.60. The number of fused-ring (bicyclic) bond motifs is 1. The van der Waals surface area contributed by atoms with Crippen molar-refractivity contribution in [2.24, 2.45) is 0 Å². The number of halogens is 1. The zero-order valence-electron chi connectivity index (χ0n) is 19.9. The molecule has 0 saturated carbocycles. The van der Waals surface area contributed by atoms with E-state index in [1.807, 2.05) is 30.5 Å². The van der Waals surface area contributed by atoms with Crippen LogP contribution in [0.4, 0.5) is 5.69 Å². The summed E-state index contributed by atoms with van der Waals surface area (Å²) < 4.78 is 34.0. The number of para-hydroxylation sites is 1. The third kappa shape index (κ3) is 4.73. The van der Waals surface area contributed by atoms with Crippen LogP contribution in [0.3, 0.4) is 0 Å². The van der Waals surface area contributed by atoms with Gasteiger partial charge in [0.05, 0.1) is 24.1 Å². The first-order valence-electron chi connectivity index (χ1n) is 11.6. The number of nitrogens with zero attached hydrogens (tertiary/aromatic N) is 2. The normalized spacial score (nSPS) is 16.2. The number of ether oxygens (including phenoxy) is 1. The molecule has 1 saturated heterocycles. The monoisotopic (exact) mass is 537 g/mol. The molecule has 1 aliphatic rings. The van der Waals surface area contributed by atoms with Gasteiger partial charge < -0.3 is 9.72 Å². The molecule has 1 aromatic heterocycles. The van der Waals surface area contributed by atoms with Gasteiger partial charge in [0.15, 0.2) is 0 Å². The number of imide groups is 1. The molecule has 2 heterocycles. The predicted octanol–water partition coefficient (Wildman–Crippen LogP) is 4.40. The Morgan fingerprint density at radius 2 is 1.73 bits per heavy atom. The van der Waals surface area contributed by atoms with Crippen molar-refractivity contribution in [1.82, 2.24) is 9.29 Å². The molecule has 3 aromatic carbocycles. The highest BCUT2D eigenvalue weighted by atomic mass is 35.5. The van der Waals surface area contributed by atoms with E-state index >= 15 is 0 Å². The zero-order valence-corrected chi connectivity index (χ0v) is 21.5. The Bertz CT molecular complexity index is 1570. The lowest BCUT2D eigenvalue weighted by molar-refractivity contribution is -0.122. The van der Waals surface area contributed by atoms with E-state index in [2.05, 4.69) is 4.98 Å². The van der Waals surface area contributed by atoms with Crippen LogP contribution in [0.2, 0.25) is 5.02 Å². The van der Waals surface area contributed by atoms with Gasteiger partial charge in [-0.3, -0.25) is 9.59 Å². The van der Waals surface area contributed by atoms with Crippen LogP contribution in [0.25, 0.3) is 10.9 Å². The Morgan fingerprint density at radius 1 is 1.03 bits per heavy atom. The largest absolute Gasteiger partial charge is 0.497 e. The standard InChI is InChI=1S/C27H24ClN3O5S/c1-36-21-10-12-22(13-11-21)37(34,35)30(15-14-18-17-29-24-5-3-2-4-23(18)24)25-16-26(32)31(27(25)33)20-8-6-19(28)7-9-20/h2-13,17,25,29H,14-16H2,1H3. The van der Waals surface area contributed by atoms with Gasteiger partial charge in [0.2, 0.25) is 15.9 Å². The molecule has 4 aromatic rings. The molecule has 1 atom stereocenters. The van der Waals surface area contributed by atoms with Gasteiger partial charge in [-0.1, -0.05) is 29.8 Å². The molecule has 1 aliphatic heterocycles. The predicted molar refractivity (Wildman–Crippen MR) is 141 cm³/mol. The molecule has 37 heavy (non-hydrogen) atoms. The first-order valence-corrected chi connectivity index (χ1v) is 13.4. The lowest BCUT2D eigenvalue weighted by atomic mass is 10.1. The number of hydrogen-bond donors (Lipinski definition) is 1. The summed E-state index contributed by atoms with van der Waals surface area (Å²) >= 11 is 5.96. The highest BCUT2D eigenvalue weighted by Crippen LogP contribution is 2.31. The smallest absolute Gasteiger partial charge is 0.252 e. The number of amides is 2. The summed E-state index contributed by atoms with van der Waals surface area (Å²) in [6, 6.07) is 18.8. The van der Waals surface area contributed by atoms with E-state index in [1.54, 1.807) is 36.4 Å². The molecule has 1 fully saturated rings. The van der Waals surface area contributed by atoms with Gasteiger partial charge in [-0.2, -0.15) is 4.31 Å². The van der Waals surface area contributed by atoms with Gasteiger partial charge in [-0.15, -0.1) is 0 Å². The van der Waals surface area contributed by atoms with Crippen LogP contribution in [0.15, 0.2) is 83.9 Å². The SMILES string of the molecule is COc1ccc(S(=O)(=O)N(CCc2c[nH]c3ccccc23)C2CC(=O)N(c3ccc(Cl)cc3)C2=O)cc1. The minimum Gasteiger partial charge on any atom is -0.497 e.